The zero-order valence-corrected chi connectivity index (χ0v) is 14.7. The molecule has 124 valence electrons. The van der Waals surface area contributed by atoms with Gasteiger partial charge in [0, 0.05) is 5.56 Å². The molecule has 0 saturated heterocycles. The summed E-state index contributed by atoms with van der Waals surface area (Å²) in [5.74, 6) is 0.134. The van der Waals surface area contributed by atoms with Gasteiger partial charge in [0.2, 0.25) is 0 Å². The fourth-order valence-electron chi connectivity index (χ4n) is 3.13. The second kappa shape index (κ2) is 9.50. The molecule has 0 heterocycles. The van der Waals surface area contributed by atoms with E-state index in [0.717, 1.165) is 10.9 Å². The summed E-state index contributed by atoms with van der Waals surface area (Å²) in [6, 6.07) is 12.7. The van der Waals surface area contributed by atoms with E-state index >= 15 is 0 Å². The lowest BCUT2D eigenvalue weighted by atomic mass is 9.99. The van der Waals surface area contributed by atoms with Crippen LogP contribution in [0.3, 0.4) is 0 Å². The molecule has 0 aliphatic carbocycles. The van der Waals surface area contributed by atoms with Gasteiger partial charge in [-0.25, -0.2) is 0 Å². The summed E-state index contributed by atoms with van der Waals surface area (Å²) in [6.45, 7) is 3.89. The maximum absolute atomic E-state index is 11.4. The molecular formula is C22H30O. The lowest BCUT2D eigenvalue weighted by molar-refractivity contribution is 0.101. The Balaban J connectivity index is 1.78. The molecule has 23 heavy (non-hydrogen) atoms. The van der Waals surface area contributed by atoms with Crippen LogP contribution in [0.1, 0.15) is 81.1 Å². The Morgan fingerprint density at radius 2 is 1.39 bits per heavy atom. The van der Waals surface area contributed by atoms with E-state index in [4.69, 9.17) is 0 Å². The van der Waals surface area contributed by atoms with Crippen LogP contribution >= 0.6 is 0 Å². The standard InChI is InChI=1S/C22H30O/c1-3-4-5-6-7-8-9-10-11-19-12-13-22-17-20(18(2)23)14-15-21(22)16-19/h12-17H,3-11H2,1-2H3. The minimum atomic E-state index is 0.134. The van der Waals surface area contributed by atoms with Gasteiger partial charge in [0.25, 0.3) is 0 Å². The molecule has 0 N–H and O–H groups in total. The van der Waals surface area contributed by atoms with Crippen LogP contribution in [0.25, 0.3) is 10.8 Å². The van der Waals surface area contributed by atoms with Crippen molar-refractivity contribution in [1.29, 1.82) is 0 Å². The molecule has 0 aliphatic rings. The highest BCUT2D eigenvalue weighted by molar-refractivity contribution is 5.98. The van der Waals surface area contributed by atoms with Crippen LogP contribution in [0, 0.1) is 0 Å². The van der Waals surface area contributed by atoms with Crippen molar-refractivity contribution in [2.45, 2.75) is 71.6 Å². The Kier molecular flexibility index (Phi) is 7.32. The average Bonchev–Trinajstić information content (AvgIpc) is 2.56. The summed E-state index contributed by atoms with van der Waals surface area (Å²) >= 11 is 0. The highest BCUT2D eigenvalue weighted by Crippen LogP contribution is 2.20. The van der Waals surface area contributed by atoms with Crippen molar-refractivity contribution in [2.24, 2.45) is 0 Å². The van der Waals surface area contributed by atoms with Crippen LogP contribution < -0.4 is 0 Å². The molecule has 2 aromatic carbocycles. The molecule has 0 atom stereocenters. The molecule has 0 bridgehead atoms. The van der Waals surface area contributed by atoms with E-state index in [1.54, 1.807) is 6.92 Å². The molecular weight excluding hydrogens is 280 g/mol. The Hall–Kier alpha value is -1.63. The number of carbonyl (C=O) groups is 1. The number of carbonyl (C=O) groups excluding carboxylic acids is 1. The quantitative estimate of drug-likeness (QED) is 0.351. The van der Waals surface area contributed by atoms with E-state index in [0.29, 0.717) is 0 Å². The number of hydrogen-bond acceptors (Lipinski definition) is 1. The van der Waals surface area contributed by atoms with Crippen LogP contribution in [-0.4, -0.2) is 5.78 Å². The van der Waals surface area contributed by atoms with E-state index < -0.39 is 0 Å². The third-order valence-corrected chi connectivity index (χ3v) is 4.63. The van der Waals surface area contributed by atoms with Gasteiger partial charge in [-0.15, -0.1) is 0 Å². The molecule has 0 amide bonds. The van der Waals surface area contributed by atoms with Crippen LogP contribution in [0.2, 0.25) is 0 Å². The molecule has 1 heteroatoms. The maximum atomic E-state index is 11.4. The molecule has 0 aliphatic heterocycles. The predicted octanol–water partition coefficient (Wildman–Crippen LogP) is 6.73. The molecule has 0 radical (unpaired) electrons. The van der Waals surface area contributed by atoms with Gasteiger partial charge in [0.15, 0.2) is 5.78 Å². The smallest absolute Gasteiger partial charge is 0.159 e. The largest absolute Gasteiger partial charge is 0.295 e. The fourth-order valence-corrected chi connectivity index (χ4v) is 3.13. The van der Waals surface area contributed by atoms with Crippen molar-refractivity contribution < 1.29 is 4.79 Å². The summed E-state index contributed by atoms with van der Waals surface area (Å²) in [6.07, 6.45) is 12.1. The Labute approximate surface area is 141 Å². The van der Waals surface area contributed by atoms with Gasteiger partial charge >= 0.3 is 0 Å². The number of aryl methyl sites for hydroxylation is 1. The first-order chi connectivity index (χ1) is 11.2. The second-order valence-electron chi connectivity index (χ2n) is 6.68. The summed E-state index contributed by atoms with van der Waals surface area (Å²) in [5, 5.41) is 2.41. The maximum Gasteiger partial charge on any atom is 0.159 e. The summed E-state index contributed by atoms with van der Waals surface area (Å²) < 4.78 is 0. The van der Waals surface area contributed by atoms with Gasteiger partial charge in [-0.3, -0.25) is 4.79 Å². The van der Waals surface area contributed by atoms with E-state index in [9.17, 15) is 4.79 Å². The lowest BCUT2D eigenvalue weighted by Gasteiger charge is -2.06. The third kappa shape index (κ3) is 5.82. The highest BCUT2D eigenvalue weighted by Gasteiger charge is 2.02. The SMILES string of the molecule is CCCCCCCCCCc1ccc2cc(C(C)=O)ccc2c1. The zero-order chi connectivity index (χ0) is 16.5. The van der Waals surface area contributed by atoms with E-state index in [1.165, 1.54) is 68.7 Å². The highest BCUT2D eigenvalue weighted by atomic mass is 16.1. The number of benzene rings is 2. The second-order valence-corrected chi connectivity index (χ2v) is 6.68. The van der Waals surface area contributed by atoms with Gasteiger partial charge in [0.05, 0.1) is 0 Å². The summed E-state index contributed by atoms with van der Waals surface area (Å²) in [4.78, 5) is 11.4. The predicted molar refractivity (Wildman–Crippen MR) is 100 cm³/mol. The molecule has 1 nitrogen and oxygen atoms in total. The van der Waals surface area contributed by atoms with E-state index in [2.05, 4.69) is 31.2 Å². The van der Waals surface area contributed by atoms with Gasteiger partial charge < -0.3 is 0 Å². The topological polar surface area (TPSA) is 17.1 Å². The number of fused-ring (bicyclic) bond motifs is 1. The number of Topliss-reactive ketones (excluding diaryl/α,β-unsaturated/α-hetero) is 1. The number of unbranched alkanes of at least 4 members (excludes halogenated alkanes) is 7. The van der Waals surface area contributed by atoms with E-state index in [1.807, 2.05) is 12.1 Å². The zero-order valence-electron chi connectivity index (χ0n) is 14.7. The van der Waals surface area contributed by atoms with Crippen molar-refractivity contribution in [3.05, 3.63) is 47.5 Å². The number of rotatable bonds is 10. The minimum absolute atomic E-state index is 0.134. The Bertz CT molecular complexity index is 627. The van der Waals surface area contributed by atoms with Crippen LogP contribution in [0.15, 0.2) is 36.4 Å². The Morgan fingerprint density at radius 3 is 2.09 bits per heavy atom. The molecule has 0 spiro atoms. The van der Waals surface area contributed by atoms with Crippen molar-refractivity contribution >= 4 is 16.6 Å². The van der Waals surface area contributed by atoms with Crippen LogP contribution in [0.4, 0.5) is 0 Å². The van der Waals surface area contributed by atoms with Gasteiger partial charge in [0.1, 0.15) is 0 Å². The molecule has 2 aromatic rings. The first-order valence-corrected chi connectivity index (χ1v) is 9.24. The molecule has 0 fully saturated rings. The van der Waals surface area contributed by atoms with Crippen LogP contribution in [-0.2, 0) is 6.42 Å². The molecule has 0 unspecified atom stereocenters. The van der Waals surface area contributed by atoms with Gasteiger partial charge in [-0.2, -0.15) is 0 Å². The lowest BCUT2D eigenvalue weighted by Crippen LogP contribution is -1.92. The van der Waals surface area contributed by atoms with E-state index in [-0.39, 0.29) is 5.78 Å². The monoisotopic (exact) mass is 310 g/mol. The number of hydrogen-bond donors (Lipinski definition) is 0. The van der Waals surface area contributed by atoms with Crippen LogP contribution in [0.5, 0.6) is 0 Å². The van der Waals surface area contributed by atoms with Crippen molar-refractivity contribution in [3.8, 4) is 0 Å². The van der Waals surface area contributed by atoms with Gasteiger partial charge in [-0.1, -0.05) is 82.2 Å². The normalized spacial score (nSPS) is 11.0. The first kappa shape index (κ1) is 17.7. The third-order valence-electron chi connectivity index (χ3n) is 4.63. The van der Waals surface area contributed by atoms with Crippen molar-refractivity contribution in [2.75, 3.05) is 0 Å². The Morgan fingerprint density at radius 1 is 0.783 bits per heavy atom. The molecule has 0 saturated carbocycles. The van der Waals surface area contributed by atoms with Crippen molar-refractivity contribution in [3.63, 3.8) is 0 Å². The first-order valence-electron chi connectivity index (χ1n) is 9.24. The fraction of sp³-hybridized carbons (Fsp3) is 0.500. The summed E-state index contributed by atoms with van der Waals surface area (Å²) in [7, 11) is 0. The molecule has 0 aromatic heterocycles. The van der Waals surface area contributed by atoms with Crippen molar-refractivity contribution in [1.82, 2.24) is 0 Å². The molecule has 2 rings (SSSR count). The number of ketones is 1. The average molecular weight is 310 g/mol. The summed E-state index contributed by atoms with van der Waals surface area (Å²) in [5.41, 5.74) is 2.22. The van der Waals surface area contributed by atoms with Gasteiger partial charge in [-0.05, 0) is 42.2 Å². The minimum Gasteiger partial charge on any atom is -0.295 e.